The van der Waals surface area contributed by atoms with Crippen LogP contribution in [0.3, 0.4) is 0 Å². The molecule has 0 unspecified atom stereocenters. The Kier molecular flexibility index (Phi) is 3.20. The number of fused-ring (bicyclic) bond motifs is 1. The number of hydrogen-bond acceptors (Lipinski definition) is 3. The number of nitrogens with two attached hydrogens (primary N) is 1. The van der Waals surface area contributed by atoms with Crippen molar-refractivity contribution in [3.8, 4) is 6.07 Å². The molecule has 0 saturated carbocycles. The topological polar surface area (TPSA) is 67.6 Å². The van der Waals surface area contributed by atoms with Crippen LogP contribution in [-0.4, -0.2) is 9.55 Å². The van der Waals surface area contributed by atoms with Crippen molar-refractivity contribution in [2.75, 3.05) is 0 Å². The molecular formula is C16H14N4. The maximum absolute atomic E-state index is 8.90. The van der Waals surface area contributed by atoms with Crippen LogP contribution < -0.4 is 5.73 Å². The second-order valence-corrected chi connectivity index (χ2v) is 4.70. The molecule has 3 rings (SSSR count). The van der Waals surface area contributed by atoms with Crippen LogP contribution in [0.5, 0.6) is 0 Å². The highest BCUT2D eigenvalue weighted by Gasteiger charge is 2.04. The van der Waals surface area contributed by atoms with Crippen molar-refractivity contribution in [2.24, 2.45) is 5.73 Å². The fourth-order valence-electron chi connectivity index (χ4n) is 2.32. The standard InChI is InChI=1S/C16H14N4/c17-9-12-1-2-14-4-6-20(16(14)8-12)11-13-3-5-19-15(7-13)10-18/h1-8H,9,11,17H2. The molecule has 0 spiro atoms. The second-order valence-electron chi connectivity index (χ2n) is 4.70. The summed E-state index contributed by atoms with van der Waals surface area (Å²) in [6, 6.07) is 14.1. The van der Waals surface area contributed by atoms with Gasteiger partial charge in [0.1, 0.15) is 11.8 Å². The Morgan fingerprint density at radius 1 is 1.15 bits per heavy atom. The zero-order valence-electron chi connectivity index (χ0n) is 11.0. The van der Waals surface area contributed by atoms with Crippen LogP contribution in [0, 0.1) is 11.3 Å². The third kappa shape index (κ3) is 2.27. The van der Waals surface area contributed by atoms with E-state index >= 15 is 0 Å². The molecule has 0 amide bonds. The van der Waals surface area contributed by atoms with E-state index in [2.05, 4.69) is 40.0 Å². The summed E-state index contributed by atoms with van der Waals surface area (Å²) in [5, 5.41) is 10.1. The van der Waals surface area contributed by atoms with E-state index in [9.17, 15) is 0 Å². The van der Waals surface area contributed by atoms with Crippen molar-refractivity contribution >= 4 is 10.9 Å². The van der Waals surface area contributed by atoms with Crippen molar-refractivity contribution in [1.82, 2.24) is 9.55 Å². The van der Waals surface area contributed by atoms with Crippen LogP contribution in [0.15, 0.2) is 48.8 Å². The van der Waals surface area contributed by atoms with Gasteiger partial charge < -0.3 is 10.3 Å². The van der Waals surface area contributed by atoms with Crippen molar-refractivity contribution in [1.29, 1.82) is 5.26 Å². The Bertz CT molecular complexity index is 796. The van der Waals surface area contributed by atoms with Crippen molar-refractivity contribution in [2.45, 2.75) is 13.1 Å². The summed E-state index contributed by atoms with van der Waals surface area (Å²) >= 11 is 0. The Labute approximate surface area is 117 Å². The zero-order valence-corrected chi connectivity index (χ0v) is 11.0. The predicted molar refractivity (Wildman–Crippen MR) is 77.9 cm³/mol. The number of nitriles is 1. The summed E-state index contributed by atoms with van der Waals surface area (Å²) in [4.78, 5) is 3.99. The smallest absolute Gasteiger partial charge is 0.140 e. The largest absolute Gasteiger partial charge is 0.343 e. The van der Waals surface area contributed by atoms with Gasteiger partial charge in [-0.1, -0.05) is 12.1 Å². The van der Waals surface area contributed by atoms with Gasteiger partial charge in [0.2, 0.25) is 0 Å². The Balaban J connectivity index is 2.00. The van der Waals surface area contributed by atoms with Gasteiger partial charge in [0.25, 0.3) is 0 Å². The highest BCUT2D eigenvalue weighted by Crippen LogP contribution is 2.19. The first-order valence-corrected chi connectivity index (χ1v) is 6.43. The van der Waals surface area contributed by atoms with E-state index in [4.69, 9.17) is 11.0 Å². The molecule has 4 nitrogen and oxygen atoms in total. The maximum atomic E-state index is 8.90. The van der Waals surface area contributed by atoms with Gasteiger partial charge in [0.15, 0.2) is 0 Å². The first-order valence-electron chi connectivity index (χ1n) is 6.43. The Morgan fingerprint density at radius 3 is 2.85 bits per heavy atom. The van der Waals surface area contributed by atoms with Gasteiger partial charge in [-0.2, -0.15) is 5.26 Å². The van der Waals surface area contributed by atoms with Crippen LogP contribution in [0.2, 0.25) is 0 Å². The van der Waals surface area contributed by atoms with Crippen LogP contribution >= 0.6 is 0 Å². The van der Waals surface area contributed by atoms with E-state index in [1.807, 2.05) is 18.2 Å². The Hall–Kier alpha value is -2.64. The van der Waals surface area contributed by atoms with Crippen molar-refractivity contribution < 1.29 is 0 Å². The third-order valence-corrected chi connectivity index (χ3v) is 3.37. The molecular weight excluding hydrogens is 248 g/mol. The molecule has 4 heteroatoms. The lowest BCUT2D eigenvalue weighted by Gasteiger charge is -2.07. The molecule has 0 atom stereocenters. The number of benzene rings is 1. The van der Waals surface area contributed by atoms with Gasteiger partial charge in [0.05, 0.1) is 0 Å². The first kappa shape index (κ1) is 12.4. The lowest BCUT2D eigenvalue weighted by atomic mass is 10.1. The quantitative estimate of drug-likeness (QED) is 0.788. The SMILES string of the molecule is N#Cc1cc(Cn2ccc3ccc(CN)cc32)ccn1. The number of aromatic nitrogens is 2. The van der Waals surface area contributed by atoms with Crippen LogP contribution in [0.4, 0.5) is 0 Å². The molecule has 3 aromatic rings. The summed E-state index contributed by atoms with van der Waals surface area (Å²) in [6.07, 6.45) is 3.72. The van der Waals surface area contributed by atoms with Gasteiger partial charge in [-0.25, -0.2) is 4.98 Å². The fraction of sp³-hybridized carbons (Fsp3) is 0.125. The minimum absolute atomic E-state index is 0.446. The average molecular weight is 262 g/mol. The monoisotopic (exact) mass is 262 g/mol. The number of pyridine rings is 1. The summed E-state index contributed by atoms with van der Waals surface area (Å²) in [5.74, 6) is 0. The van der Waals surface area contributed by atoms with E-state index in [1.165, 1.54) is 5.39 Å². The fourth-order valence-corrected chi connectivity index (χ4v) is 2.32. The van der Waals surface area contributed by atoms with Gasteiger partial charge >= 0.3 is 0 Å². The van der Waals surface area contributed by atoms with Gasteiger partial charge in [-0.05, 0) is 40.8 Å². The molecule has 2 aromatic heterocycles. The second kappa shape index (κ2) is 5.16. The van der Waals surface area contributed by atoms with Crippen LogP contribution in [0.25, 0.3) is 10.9 Å². The molecule has 2 N–H and O–H groups in total. The predicted octanol–water partition coefficient (Wildman–Crippen LogP) is 2.41. The zero-order chi connectivity index (χ0) is 13.9. The number of rotatable bonds is 3. The molecule has 0 aliphatic carbocycles. The minimum atomic E-state index is 0.446. The molecule has 0 aliphatic heterocycles. The van der Waals surface area contributed by atoms with Gasteiger partial charge in [0, 0.05) is 31.0 Å². The highest BCUT2D eigenvalue weighted by molar-refractivity contribution is 5.80. The summed E-state index contributed by atoms with van der Waals surface area (Å²) in [5.41, 5.74) is 9.48. The van der Waals surface area contributed by atoms with E-state index in [0.29, 0.717) is 18.8 Å². The van der Waals surface area contributed by atoms with Crippen molar-refractivity contribution in [3.05, 3.63) is 65.6 Å². The van der Waals surface area contributed by atoms with Crippen LogP contribution in [-0.2, 0) is 13.1 Å². The maximum Gasteiger partial charge on any atom is 0.140 e. The number of nitrogens with zero attached hydrogens (tertiary/aromatic N) is 3. The molecule has 0 radical (unpaired) electrons. The first-order chi connectivity index (χ1) is 9.80. The number of hydrogen-bond donors (Lipinski definition) is 1. The molecule has 0 aliphatic rings. The van der Waals surface area contributed by atoms with Gasteiger partial charge in [-0.3, -0.25) is 0 Å². The third-order valence-electron chi connectivity index (χ3n) is 3.37. The summed E-state index contributed by atoms with van der Waals surface area (Å²) in [6.45, 7) is 1.25. The molecule has 20 heavy (non-hydrogen) atoms. The lowest BCUT2D eigenvalue weighted by molar-refractivity contribution is 0.833. The van der Waals surface area contributed by atoms with E-state index < -0.39 is 0 Å². The molecule has 1 aromatic carbocycles. The minimum Gasteiger partial charge on any atom is -0.343 e. The normalized spacial score (nSPS) is 10.6. The summed E-state index contributed by atoms with van der Waals surface area (Å²) < 4.78 is 2.16. The molecule has 2 heterocycles. The van der Waals surface area contributed by atoms with Crippen molar-refractivity contribution in [3.63, 3.8) is 0 Å². The van der Waals surface area contributed by atoms with E-state index in [-0.39, 0.29) is 0 Å². The van der Waals surface area contributed by atoms with E-state index in [1.54, 1.807) is 6.20 Å². The average Bonchev–Trinajstić information content (AvgIpc) is 2.89. The van der Waals surface area contributed by atoms with E-state index in [0.717, 1.165) is 16.6 Å². The molecule has 98 valence electrons. The molecule has 0 fully saturated rings. The summed E-state index contributed by atoms with van der Waals surface area (Å²) in [7, 11) is 0. The highest BCUT2D eigenvalue weighted by atomic mass is 14.9. The van der Waals surface area contributed by atoms with Crippen LogP contribution in [0.1, 0.15) is 16.8 Å². The molecule has 0 bridgehead atoms. The Morgan fingerprint density at radius 2 is 2.05 bits per heavy atom. The molecule has 0 saturated heterocycles. The lowest BCUT2D eigenvalue weighted by Crippen LogP contribution is -2.00. The van der Waals surface area contributed by atoms with Gasteiger partial charge in [-0.15, -0.1) is 0 Å².